The van der Waals surface area contributed by atoms with Gasteiger partial charge in [0.05, 0.1) is 13.0 Å². The maximum Gasteiger partial charge on any atom is 0.304 e. The van der Waals surface area contributed by atoms with Gasteiger partial charge in [-0.3, -0.25) is 14.5 Å². The van der Waals surface area contributed by atoms with E-state index in [-0.39, 0.29) is 18.0 Å². The highest BCUT2D eigenvalue weighted by Gasteiger charge is 2.27. The Kier molecular flexibility index (Phi) is 3.73. The fraction of sp³-hybridized carbons (Fsp3) is 0.538. The van der Waals surface area contributed by atoms with Crippen molar-refractivity contribution in [1.82, 2.24) is 19.5 Å². The van der Waals surface area contributed by atoms with Crippen LogP contribution in [-0.2, 0) is 11.3 Å². The molecule has 3 heterocycles. The predicted octanol–water partition coefficient (Wildman–Crippen LogP) is 0.899. The number of aliphatic carboxylic acids is 1. The highest BCUT2D eigenvalue weighted by molar-refractivity contribution is 7.16. The molecule has 0 saturated carbocycles. The van der Waals surface area contributed by atoms with Crippen LogP contribution in [0.25, 0.3) is 4.96 Å². The highest BCUT2D eigenvalue weighted by Crippen LogP contribution is 2.23. The van der Waals surface area contributed by atoms with Crippen LogP contribution in [0.5, 0.6) is 0 Å². The second kappa shape index (κ2) is 5.53. The van der Waals surface area contributed by atoms with E-state index in [9.17, 15) is 9.59 Å². The van der Waals surface area contributed by atoms with Gasteiger partial charge in [0.1, 0.15) is 5.01 Å². The first-order valence-corrected chi connectivity index (χ1v) is 7.67. The molecule has 1 N–H and O–H groups in total. The van der Waals surface area contributed by atoms with Crippen molar-refractivity contribution in [3.05, 3.63) is 27.1 Å². The third kappa shape index (κ3) is 2.96. The molecule has 0 aliphatic carbocycles. The fourth-order valence-corrected chi connectivity index (χ4v) is 3.70. The van der Waals surface area contributed by atoms with Crippen LogP contribution in [0.4, 0.5) is 0 Å². The third-order valence-electron chi connectivity index (χ3n) is 3.66. The number of rotatable bonds is 4. The zero-order chi connectivity index (χ0) is 15.0. The van der Waals surface area contributed by atoms with Crippen molar-refractivity contribution in [2.24, 2.45) is 0 Å². The van der Waals surface area contributed by atoms with E-state index in [1.165, 1.54) is 21.9 Å². The molecule has 3 rings (SSSR count). The lowest BCUT2D eigenvalue weighted by molar-refractivity contribution is -0.138. The number of carboxylic acids is 1. The van der Waals surface area contributed by atoms with Crippen molar-refractivity contribution in [1.29, 1.82) is 0 Å². The third-order valence-corrected chi connectivity index (χ3v) is 4.56. The summed E-state index contributed by atoms with van der Waals surface area (Å²) in [5.41, 5.74) is 0.503. The summed E-state index contributed by atoms with van der Waals surface area (Å²) >= 11 is 1.39. The van der Waals surface area contributed by atoms with Crippen LogP contribution >= 0.6 is 11.3 Å². The molecular weight excluding hydrogens is 292 g/mol. The maximum atomic E-state index is 11.8. The van der Waals surface area contributed by atoms with Gasteiger partial charge < -0.3 is 5.11 Å². The first-order chi connectivity index (χ1) is 10.0. The van der Waals surface area contributed by atoms with Gasteiger partial charge in [0, 0.05) is 17.8 Å². The molecule has 7 nitrogen and oxygen atoms in total. The zero-order valence-corrected chi connectivity index (χ0v) is 12.5. The number of carboxylic acid groups (broad SMARTS) is 1. The van der Waals surface area contributed by atoms with E-state index >= 15 is 0 Å². The molecule has 2 aromatic heterocycles. The molecule has 1 saturated heterocycles. The molecule has 2 aromatic rings. The maximum absolute atomic E-state index is 11.8. The predicted molar refractivity (Wildman–Crippen MR) is 77.6 cm³/mol. The van der Waals surface area contributed by atoms with E-state index < -0.39 is 5.97 Å². The highest BCUT2D eigenvalue weighted by atomic mass is 32.1. The molecule has 0 radical (unpaired) electrons. The van der Waals surface area contributed by atoms with Crippen molar-refractivity contribution in [2.75, 3.05) is 6.54 Å². The van der Waals surface area contributed by atoms with Gasteiger partial charge in [-0.25, -0.2) is 4.98 Å². The van der Waals surface area contributed by atoms with Crippen LogP contribution in [0.3, 0.4) is 0 Å². The lowest BCUT2D eigenvalue weighted by atomic mass is 10.1. The smallest absolute Gasteiger partial charge is 0.304 e. The second-order valence-corrected chi connectivity index (χ2v) is 6.33. The van der Waals surface area contributed by atoms with Crippen LogP contribution in [0.15, 0.2) is 10.9 Å². The Morgan fingerprint density at radius 2 is 2.38 bits per heavy atom. The summed E-state index contributed by atoms with van der Waals surface area (Å²) in [6, 6.07) is 1.51. The van der Waals surface area contributed by atoms with E-state index in [0.29, 0.717) is 17.2 Å². The van der Waals surface area contributed by atoms with Crippen LogP contribution in [-0.4, -0.2) is 43.2 Å². The topological polar surface area (TPSA) is 87.8 Å². The van der Waals surface area contributed by atoms with Gasteiger partial charge in [0.15, 0.2) is 0 Å². The Bertz CT molecular complexity index is 739. The minimum atomic E-state index is -0.773. The van der Waals surface area contributed by atoms with Gasteiger partial charge >= 0.3 is 5.97 Å². The Morgan fingerprint density at radius 1 is 1.57 bits per heavy atom. The molecule has 1 fully saturated rings. The zero-order valence-electron chi connectivity index (χ0n) is 11.7. The average molecular weight is 308 g/mol. The summed E-state index contributed by atoms with van der Waals surface area (Å²) in [6.07, 6.45) is 2.05. The number of fused-ring (bicyclic) bond motifs is 1. The van der Waals surface area contributed by atoms with Gasteiger partial charge in [-0.2, -0.15) is 9.61 Å². The van der Waals surface area contributed by atoms with Gasteiger partial charge in [-0.1, -0.05) is 11.3 Å². The van der Waals surface area contributed by atoms with Crippen LogP contribution in [0.1, 0.15) is 30.0 Å². The first kappa shape index (κ1) is 14.2. The number of nitrogens with zero attached hydrogens (tertiary/aromatic N) is 4. The molecule has 1 unspecified atom stereocenters. The van der Waals surface area contributed by atoms with Crippen molar-refractivity contribution < 1.29 is 9.90 Å². The normalized spacial score (nSPS) is 19.4. The van der Waals surface area contributed by atoms with Gasteiger partial charge in [0.2, 0.25) is 4.96 Å². The largest absolute Gasteiger partial charge is 0.481 e. The summed E-state index contributed by atoms with van der Waals surface area (Å²) < 4.78 is 1.31. The van der Waals surface area contributed by atoms with Crippen molar-refractivity contribution in [3.63, 3.8) is 0 Å². The fourth-order valence-electron chi connectivity index (χ4n) is 2.73. The Balaban J connectivity index is 1.83. The molecule has 1 aliphatic rings. The number of hydrogen-bond donors (Lipinski definition) is 1. The number of likely N-dealkylation sites (tertiary alicyclic amines) is 1. The summed E-state index contributed by atoms with van der Waals surface area (Å²) in [5.74, 6) is -0.773. The average Bonchev–Trinajstić information content (AvgIpc) is 2.96. The molecular formula is C13H16N4O3S. The molecule has 0 aromatic carbocycles. The Hall–Kier alpha value is -1.80. The number of carbonyl (C=O) groups is 1. The summed E-state index contributed by atoms with van der Waals surface area (Å²) in [7, 11) is 0. The van der Waals surface area contributed by atoms with Crippen molar-refractivity contribution in [2.45, 2.75) is 38.8 Å². The molecule has 21 heavy (non-hydrogen) atoms. The van der Waals surface area contributed by atoms with Crippen molar-refractivity contribution >= 4 is 22.3 Å². The summed E-state index contributed by atoms with van der Waals surface area (Å²) in [4.78, 5) is 29.7. The second-order valence-electron chi connectivity index (χ2n) is 5.29. The first-order valence-electron chi connectivity index (χ1n) is 6.85. The molecule has 1 atom stereocenters. The summed E-state index contributed by atoms with van der Waals surface area (Å²) in [6.45, 7) is 3.23. The molecule has 0 spiro atoms. The quantitative estimate of drug-likeness (QED) is 0.903. The molecule has 112 valence electrons. The van der Waals surface area contributed by atoms with E-state index in [1.54, 1.807) is 6.92 Å². The Morgan fingerprint density at radius 3 is 3.14 bits per heavy atom. The number of aryl methyl sites for hydroxylation is 1. The van der Waals surface area contributed by atoms with Crippen LogP contribution in [0, 0.1) is 6.92 Å². The lowest BCUT2D eigenvalue weighted by Gasteiger charge is -2.21. The van der Waals surface area contributed by atoms with E-state index in [2.05, 4.69) is 15.0 Å². The van der Waals surface area contributed by atoms with Gasteiger partial charge in [-0.05, 0) is 26.3 Å². The van der Waals surface area contributed by atoms with Crippen LogP contribution in [0.2, 0.25) is 0 Å². The monoisotopic (exact) mass is 308 g/mol. The lowest BCUT2D eigenvalue weighted by Crippen LogP contribution is -2.31. The van der Waals surface area contributed by atoms with E-state index in [1.807, 2.05) is 0 Å². The van der Waals surface area contributed by atoms with E-state index in [4.69, 9.17) is 5.11 Å². The van der Waals surface area contributed by atoms with Crippen LogP contribution < -0.4 is 5.56 Å². The SMILES string of the molecule is Cc1cc(=O)n2nc(CN3CCCC3CC(=O)O)sc2n1. The molecule has 0 amide bonds. The minimum absolute atomic E-state index is 0.0564. The van der Waals surface area contributed by atoms with Crippen molar-refractivity contribution in [3.8, 4) is 0 Å². The molecule has 1 aliphatic heterocycles. The van der Waals surface area contributed by atoms with E-state index in [0.717, 1.165) is 24.4 Å². The molecule has 8 heteroatoms. The van der Waals surface area contributed by atoms with Gasteiger partial charge in [0.25, 0.3) is 5.56 Å². The summed E-state index contributed by atoms with van der Waals surface area (Å²) in [5, 5.41) is 14.0. The number of aromatic nitrogens is 3. The van der Waals surface area contributed by atoms with Gasteiger partial charge in [-0.15, -0.1) is 0 Å². The molecule has 0 bridgehead atoms. The minimum Gasteiger partial charge on any atom is -0.481 e. The number of hydrogen-bond acceptors (Lipinski definition) is 6. The Labute approximate surface area is 124 Å². The standard InChI is InChI=1S/C13H16N4O3S/c1-8-5-11(18)17-13(14-8)21-10(15-17)7-16-4-2-3-9(16)6-12(19)20/h5,9H,2-4,6-7H2,1H3,(H,19,20).